The van der Waals surface area contributed by atoms with Gasteiger partial charge in [-0.25, -0.2) is 4.57 Å². The quantitative estimate of drug-likeness (QED) is 0.363. The van der Waals surface area contributed by atoms with Crippen LogP contribution in [0.2, 0.25) is 0 Å². The summed E-state index contributed by atoms with van der Waals surface area (Å²) in [7, 11) is -4.42. The molecule has 7 heteroatoms. The molecule has 3 rings (SSSR count). The molecule has 0 aliphatic heterocycles. The van der Waals surface area contributed by atoms with Crippen molar-refractivity contribution in [2.45, 2.75) is 19.3 Å². The zero-order valence-electron chi connectivity index (χ0n) is 16.0. The highest BCUT2D eigenvalue weighted by Gasteiger charge is 2.14. The standard InChI is InChI=1S/C22H24NO5P/c24-21(23-14-6-7-15-28-29(25,26)27)16-19-13-12-17-8-4-5-11-20(17)22(19)18-9-2-1-3-10-18/h1-5,8-13H,6-7,14-16H2,(H,23,24)(H2,25,26,27). The van der Waals surface area contributed by atoms with Crippen molar-refractivity contribution in [3.8, 4) is 11.1 Å². The average molecular weight is 413 g/mol. The Morgan fingerprint density at radius 1 is 0.931 bits per heavy atom. The molecule has 3 aromatic rings. The minimum atomic E-state index is -4.42. The highest BCUT2D eigenvalue weighted by molar-refractivity contribution is 7.46. The van der Waals surface area contributed by atoms with Crippen LogP contribution in [0.3, 0.4) is 0 Å². The van der Waals surface area contributed by atoms with Gasteiger partial charge in [0.1, 0.15) is 0 Å². The number of rotatable bonds is 9. The minimum Gasteiger partial charge on any atom is -0.356 e. The summed E-state index contributed by atoms with van der Waals surface area (Å²) in [5.74, 6) is -0.0895. The van der Waals surface area contributed by atoms with E-state index in [0.717, 1.165) is 27.5 Å². The number of carbonyl (C=O) groups excluding carboxylic acids is 1. The third-order valence-electron chi connectivity index (χ3n) is 4.58. The molecule has 0 unspecified atom stereocenters. The lowest BCUT2D eigenvalue weighted by Crippen LogP contribution is -2.26. The number of unbranched alkanes of at least 4 members (excludes halogenated alkanes) is 1. The van der Waals surface area contributed by atoms with Crippen LogP contribution in [0.5, 0.6) is 0 Å². The first kappa shape index (κ1) is 21.2. The Morgan fingerprint density at radius 3 is 2.41 bits per heavy atom. The Morgan fingerprint density at radius 2 is 1.66 bits per heavy atom. The van der Waals surface area contributed by atoms with Gasteiger partial charge in [0.2, 0.25) is 5.91 Å². The highest BCUT2D eigenvalue weighted by Crippen LogP contribution is 2.35. The number of nitrogens with one attached hydrogen (secondary N) is 1. The first-order chi connectivity index (χ1) is 13.9. The Labute approximate surface area is 169 Å². The molecular weight excluding hydrogens is 389 g/mol. The summed E-state index contributed by atoms with van der Waals surface area (Å²) in [5.41, 5.74) is 3.09. The molecule has 0 bridgehead atoms. The molecule has 0 fully saturated rings. The number of phosphoric ester groups is 1. The summed E-state index contributed by atoms with van der Waals surface area (Å²) in [6.07, 6.45) is 1.29. The van der Waals surface area contributed by atoms with Crippen molar-refractivity contribution in [2.24, 2.45) is 0 Å². The van der Waals surface area contributed by atoms with Gasteiger partial charge in [-0.15, -0.1) is 0 Å². The summed E-state index contributed by atoms with van der Waals surface area (Å²) < 4.78 is 15.0. The molecule has 3 aromatic carbocycles. The van der Waals surface area contributed by atoms with Crippen LogP contribution in [0.25, 0.3) is 21.9 Å². The van der Waals surface area contributed by atoms with Gasteiger partial charge >= 0.3 is 7.82 Å². The number of carbonyl (C=O) groups is 1. The predicted molar refractivity (Wildman–Crippen MR) is 113 cm³/mol. The normalized spacial score (nSPS) is 11.5. The van der Waals surface area contributed by atoms with E-state index in [2.05, 4.69) is 22.0 Å². The zero-order valence-corrected chi connectivity index (χ0v) is 16.8. The number of amides is 1. The highest BCUT2D eigenvalue weighted by atomic mass is 31.2. The summed E-state index contributed by atoms with van der Waals surface area (Å²) >= 11 is 0. The third kappa shape index (κ3) is 6.24. The fourth-order valence-electron chi connectivity index (χ4n) is 3.28. The van der Waals surface area contributed by atoms with Crippen LogP contribution in [0.1, 0.15) is 18.4 Å². The topological polar surface area (TPSA) is 95.9 Å². The lowest BCUT2D eigenvalue weighted by molar-refractivity contribution is -0.120. The van der Waals surface area contributed by atoms with Gasteiger partial charge in [-0.3, -0.25) is 9.32 Å². The number of hydrogen-bond acceptors (Lipinski definition) is 3. The first-order valence-corrected chi connectivity index (χ1v) is 11.0. The van der Waals surface area contributed by atoms with Gasteiger partial charge < -0.3 is 15.1 Å². The number of benzene rings is 3. The minimum absolute atomic E-state index is 0.0387. The van der Waals surface area contributed by atoms with Crippen molar-refractivity contribution in [2.75, 3.05) is 13.2 Å². The van der Waals surface area contributed by atoms with Gasteiger partial charge in [0.15, 0.2) is 0 Å². The van der Waals surface area contributed by atoms with E-state index in [1.165, 1.54) is 0 Å². The molecule has 0 aliphatic carbocycles. The fourth-order valence-corrected chi connectivity index (χ4v) is 3.65. The number of phosphoric acid groups is 1. The third-order valence-corrected chi connectivity index (χ3v) is 5.10. The Balaban J connectivity index is 1.67. The number of fused-ring (bicyclic) bond motifs is 1. The summed E-state index contributed by atoms with van der Waals surface area (Å²) in [6, 6.07) is 22.2. The van der Waals surface area contributed by atoms with Gasteiger partial charge in [0.25, 0.3) is 0 Å². The fraction of sp³-hybridized carbons (Fsp3) is 0.227. The largest absolute Gasteiger partial charge is 0.469 e. The lowest BCUT2D eigenvalue weighted by Gasteiger charge is -2.14. The van der Waals surface area contributed by atoms with Crippen molar-refractivity contribution in [1.82, 2.24) is 5.32 Å². The maximum absolute atomic E-state index is 12.5. The molecule has 6 nitrogen and oxygen atoms in total. The summed E-state index contributed by atoms with van der Waals surface area (Å²) in [6.45, 7) is 0.389. The van der Waals surface area contributed by atoms with Gasteiger partial charge in [-0.1, -0.05) is 66.7 Å². The Hall–Kier alpha value is -2.50. The Kier molecular flexibility index (Phi) is 7.18. The van der Waals surface area contributed by atoms with E-state index in [9.17, 15) is 9.36 Å². The molecule has 0 heterocycles. The van der Waals surface area contributed by atoms with E-state index in [4.69, 9.17) is 9.79 Å². The summed E-state index contributed by atoms with van der Waals surface area (Å²) in [4.78, 5) is 29.7. The van der Waals surface area contributed by atoms with Crippen molar-refractivity contribution in [3.63, 3.8) is 0 Å². The molecule has 29 heavy (non-hydrogen) atoms. The van der Waals surface area contributed by atoms with Crippen LogP contribution in [0.15, 0.2) is 66.7 Å². The van der Waals surface area contributed by atoms with Crippen LogP contribution in [0.4, 0.5) is 0 Å². The van der Waals surface area contributed by atoms with E-state index in [1.54, 1.807) is 0 Å². The van der Waals surface area contributed by atoms with Crippen LogP contribution >= 0.6 is 7.82 Å². The second-order valence-electron chi connectivity index (χ2n) is 6.74. The molecule has 0 aromatic heterocycles. The maximum Gasteiger partial charge on any atom is 0.469 e. The van der Waals surface area contributed by atoms with E-state index in [-0.39, 0.29) is 18.9 Å². The molecule has 0 atom stereocenters. The van der Waals surface area contributed by atoms with Crippen molar-refractivity contribution in [1.29, 1.82) is 0 Å². The Bertz CT molecular complexity index is 1020. The van der Waals surface area contributed by atoms with Crippen LogP contribution in [0, 0.1) is 0 Å². The van der Waals surface area contributed by atoms with Crippen LogP contribution < -0.4 is 5.32 Å². The molecule has 3 N–H and O–H groups in total. The van der Waals surface area contributed by atoms with E-state index >= 15 is 0 Å². The van der Waals surface area contributed by atoms with Gasteiger partial charge in [-0.2, -0.15) is 0 Å². The van der Waals surface area contributed by atoms with Crippen molar-refractivity contribution >= 4 is 24.5 Å². The van der Waals surface area contributed by atoms with E-state index in [1.807, 2.05) is 54.6 Å². The lowest BCUT2D eigenvalue weighted by atomic mass is 9.92. The van der Waals surface area contributed by atoms with Gasteiger partial charge in [0.05, 0.1) is 13.0 Å². The van der Waals surface area contributed by atoms with Gasteiger partial charge in [-0.05, 0) is 40.3 Å². The summed E-state index contributed by atoms with van der Waals surface area (Å²) in [5, 5.41) is 5.10. The zero-order chi connectivity index (χ0) is 20.7. The monoisotopic (exact) mass is 413 g/mol. The molecular formula is C22H24NO5P. The molecule has 1 amide bonds. The molecule has 0 spiro atoms. The molecule has 0 saturated heterocycles. The molecule has 152 valence electrons. The maximum atomic E-state index is 12.5. The van der Waals surface area contributed by atoms with E-state index < -0.39 is 7.82 Å². The SMILES string of the molecule is O=C(Cc1ccc2ccccc2c1-c1ccccc1)NCCCCOP(=O)(O)O. The van der Waals surface area contributed by atoms with Crippen LogP contribution in [-0.4, -0.2) is 28.8 Å². The van der Waals surface area contributed by atoms with E-state index in [0.29, 0.717) is 19.4 Å². The smallest absolute Gasteiger partial charge is 0.356 e. The predicted octanol–water partition coefficient (Wildman–Crippen LogP) is 4.06. The average Bonchev–Trinajstić information content (AvgIpc) is 2.70. The van der Waals surface area contributed by atoms with Gasteiger partial charge in [0, 0.05) is 6.54 Å². The van der Waals surface area contributed by atoms with Crippen molar-refractivity contribution in [3.05, 3.63) is 72.3 Å². The number of hydrogen-bond donors (Lipinski definition) is 3. The first-order valence-electron chi connectivity index (χ1n) is 9.47. The van der Waals surface area contributed by atoms with Crippen LogP contribution in [-0.2, 0) is 20.3 Å². The second-order valence-corrected chi connectivity index (χ2v) is 7.98. The molecule has 0 saturated carbocycles. The van der Waals surface area contributed by atoms with Crippen molar-refractivity contribution < 1.29 is 23.7 Å². The molecule has 0 radical (unpaired) electrons. The second kappa shape index (κ2) is 9.81. The molecule has 0 aliphatic rings.